The second kappa shape index (κ2) is 11.4. The largest absolute Gasteiger partial charge is 0.481 e. The number of hydrogen-bond donors (Lipinski definition) is 2. The third kappa shape index (κ3) is 5.86. The highest BCUT2D eigenvalue weighted by Crippen LogP contribution is 2.19. The number of aromatic nitrogens is 4. The fourth-order valence-electron chi connectivity index (χ4n) is 3.10. The zero-order valence-corrected chi connectivity index (χ0v) is 19.1. The highest BCUT2D eigenvalue weighted by Gasteiger charge is 2.18. The predicted molar refractivity (Wildman–Crippen MR) is 121 cm³/mol. The number of aryl methyl sites for hydroxylation is 1. The van der Waals surface area contributed by atoms with Gasteiger partial charge in [-0.2, -0.15) is 10.2 Å². The van der Waals surface area contributed by atoms with E-state index in [4.69, 9.17) is 9.47 Å². The molecule has 1 unspecified atom stereocenters. The van der Waals surface area contributed by atoms with Crippen LogP contribution >= 0.6 is 0 Å². The van der Waals surface area contributed by atoms with E-state index in [1.54, 1.807) is 12.1 Å². The number of ether oxygens (including phenoxy) is 2. The number of pyridine rings is 1. The molecule has 2 N–H and O–H groups in total. The van der Waals surface area contributed by atoms with Gasteiger partial charge >= 0.3 is 0 Å². The van der Waals surface area contributed by atoms with Crippen molar-refractivity contribution in [1.82, 2.24) is 30.6 Å². The molecule has 11 nitrogen and oxygen atoms in total. The van der Waals surface area contributed by atoms with Crippen molar-refractivity contribution < 1.29 is 19.1 Å². The van der Waals surface area contributed by atoms with E-state index in [9.17, 15) is 14.9 Å². The molecule has 2 aromatic heterocycles. The van der Waals surface area contributed by atoms with E-state index >= 15 is 0 Å². The van der Waals surface area contributed by atoms with Crippen LogP contribution in [-0.4, -0.2) is 52.6 Å². The molecule has 0 aliphatic carbocycles. The van der Waals surface area contributed by atoms with E-state index in [0.29, 0.717) is 11.4 Å². The van der Waals surface area contributed by atoms with Gasteiger partial charge in [-0.05, 0) is 23.6 Å². The van der Waals surface area contributed by atoms with Gasteiger partial charge in [0.1, 0.15) is 11.6 Å². The van der Waals surface area contributed by atoms with Gasteiger partial charge in [0.05, 0.1) is 33.0 Å². The van der Waals surface area contributed by atoms with Crippen LogP contribution in [-0.2, 0) is 13.0 Å². The molecule has 176 valence electrons. The van der Waals surface area contributed by atoms with Crippen LogP contribution in [0.25, 0.3) is 0 Å². The van der Waals surface area contributed by atoms with Crippen LogP contribution in [0.4, 0.5) is 0 Å². The quantitative estimate of drug-likeness (QED) is 0.462. The summed E-state index contributed by atoms with van der Waals surface area (Å²) in [6.45, 7) is 2.54. The minimum absolute atomic E-state index is 0.0674. The molecule has 3 rings (SSSR count). The number of carbonyl (C=O) groups is 2. The van der Waals surface area contributed by atoms with Gasteiger partial charge in [0.25, 0.3) is 11.8 Å². The molecule has 0 bridgehead atoms. The van der Waals surface area contributed by atoms with Crippen molar-refractivity contribution >= 4 is 11.8 Å². The Labute approximate surface area is 196 Å². The molecule has 11 heteroatoms. The zero-order valence-electron chi connectivity index (χ0n) is 19.1. The number of hydrogen-bond acceptors (Lipinski definition) is 8. The molecule has 2 amide bonds. The Bertz CT molecular complexity index is 1180. The number of nitrogens with zero attached hydrogens (tertiary/aromatic N) is 5. The first-order valence-corrected chi connectivity index (χ1v) is 10.6. The molecule has 0 saturated carbocycles. The highest BCUT2D eigenvalue weighted by atomic mass is 16.5. The van der Waals surface area contributed by atoms with E-state index in [1.165, 1.54) is 25.1 Å². The second-order valence-corrected chi connectivity index (χ2v) is 7.16. The minimum atomic E-state index is -0.809. The van der Waals surface area contributed by atoms with Crippen LogP contribution in [0.2, 0.25) is 0 Å². The standard InChI is InChI=1S/C23H25N7O4/c1-4-15-5-7-16(8-6-15)18(13-24)26-22(32)19-14-30(29-28-19)12-11-25-21(31)17-9-10-20(33-2)27-23(17)34-3/h5-10,14,18H,4,11-12H2,1-3H3,(H,25,31)(H,26,32). The third-order valence-electron chi connectivity index (χ3n) is 5.01. The number of rotatable bonds is 10. The molecule has 0 aliphatic heterocycles. The van der Waals surface area contributed by atoms with E-state index in [0.717, 1.165) is 12.0 Å². The number of amides is 2. The van der Waals surface area contributed by atoms with Crippen molar-refractivity contribution in [3.63, 3.8) is 0 Å². The summed E-state index contributed by atoms with van der Waals surface area (Å²) in [4.78, 5) is 29.1. The molecular formula is C23H25N7O4. The Morgan fingerprint density at radius 3 is 2.53 bits per heavy atom. The zero-order chi connectivity index (χ0) is 24.5. The summed E-state index contributed by atoms with van der Waals surface area (Å²) >= 11 is 0. The fourth-order valence-corrected chi connectivity index (χ4v) is 3.10. The lowest BCUT2D eigenvalue weighted by molar-refractivity contribution is 0.0934. The lowest BCUT2D eigenvalue weighted by Crippen LogP contribution is -2.28. The maximum Gasteiger partial charge on any atom is 0.274 e. The molecule has 2 heterocycles. The molecule has 1 aromatic carbocycles. The second-order valence-electron chi connectivity index (χ2n) is 7.16. The summed E-state index contributed by atoms with van der Waals surface area (Å²) in [5.41, 5.74) is 2.16. The van der Waals surface area contributed by atoms with E-state index in [2.05, 4.69) is 32.0 Å². The van der Waals surface area contributed by atoms with E-state index in [1.807, 2.05) is 31.2 Å². The van der Waals surface area contributed by atoms with Gasteiger partial charge in [-0.1, -0.05) is 36.4 Å². The van der Waals surface area contributed by atoms with Gasteiger partial charge in [0.15, 0.2) is 5.69 Å². The molecular weight excluding hydrogens is 438 g/mol. The molecule has 0 radical (unpaired) electrons. The Morgan fingerprint density at radius 1 is 1.12 bits per heavy atom. The van der Waals surface area contributed by atoms with Gasteiger partial charge in [-0.3, -0.25) is 9.59 Å². The van der Waals surface area contributed by atoms with Crippen LogP contribution in [0.15, 0.2) is 42.6 Å². The monoisotopic (exact) mass is 463 g/mol. The summed E-state index contributed by atoms with van der Waals surface area (Å²) in [5.74, 6) is -0.419. The van der Waals surface area contributed by atoms with E-state index < -0.39 is 11.9 Å². The first kappa shape index (κ1) is 24.2. The van der Waals surface area contributed by atoms with Crippen molar-refractivity contribution in [2.24, 2.45) is 0 Å². The maximum absolute atomic E-state index is 12.5. The van der Waals surface area contributed by atoms with Crippen LogP contribution in [0.1, 0.15) is 44.9 Å². The molecule has 1 atom stereocenters. The lowest BCUT2D eigenvalue weighted by Gasteiger charge is -2.11. The molecule has 3 aromatic rings. The van der Waals surface area contributed by atoms with Gasteiger partial charge < -0.3 is 20.1 Å². The Morgan fingerprint density at radius 2 is 1.88 bits per heavy atom. The van der Waals surface area contributed by atoms with Crippen molar-refractivity contribution in [3.8, 4) is 17.8 Å². The number of benzene rings is 1. The van der Waals surface area contributed by atoms with Crippen LogP contribution in [0.5, 0.6) is 11.8 Å². The first-order valence-electron chi connectivity index (χ1n) is 10.6. The first-order chi connectivity index (χ1) is 16.5. The fraction of sp³-hybridized carbons (Fsp3) is 0.304. The Balaban J connectivity index is 1.55. The average molecular weight is 463 g/mol. The summed E-state index contributed by atoms with van der Waals surface area (Å²) in [6.07, 6.45) is 2.34. The van der Waals surface area contributed by atoms with E-state index in [-0.39, 0.29) is 36.1 Å². The predicted octanol–water partition coefficient (Wildman–Crippen LogP) is 1.68. The lowest BCUT2D eigenvalue weighted by atomic mass is 10.0. The number of carbonyl (C=O) groups excluding carboxylic acids is 2. The number of nitrogens with one attached hydrogen (secondary N) is 2. The summed E-state index contributed by atoms with van der Waals surface area (Å²) in [6, 6.07) is 11.9. The Kier molecular flexibility index (Phi) is 8.12. The maximum atomic E-state index is 12.5. The normalized spacial score (nSPS) is 11.2. The topological polar surface area (TPSA) is 144 Å². The molecule has 0 saturated heterocycles. The van der Waals surface area contributed by atoms with Gasteiger partial charge in [0, 0.05) is 12.6 Å². The molecule has 0 aliphatic rings. The number of methoxy groups -OCH3 is 2. The summed E-state index contributed by atoms with van der Waals surface area (Å²) in [7, 11) is 2.88. The summed E-state index contributed by atoms with van der Waals surface area (Å²) in [5, 5.41) is 22.6. The third-order valence-corrected chi connectivity index (χ3v) is 5.01. The van der Waals surface area contributed by atoms with Crippen molar-refractivity contribution in [3.05, 3.63) is 65.0 Å². The molecule has 0 spiro atoms. The molecule has 34 heavy (non-hydrogen) atoms. The SMILES string of the molecule is CCc1ccc(C(C#N)NC(=O)c2cn(CCNC(=O)c3ccc(OC)nc3OC)nn2)cc1. The van der Waals surface area contributed by atoms with Crippen molar-refractivity contribution in [2.45, 2.75) is 25.9 Å². The Hall–Kier alpha value is -4.46. The number of nitriles is 1. The average Bonchev–Trinajstić information content (AvgIpc) is 3.35. The van der Waals surface area contributed by atoms with Crippen molar-refractivity contribution in [1.29, 1.82) is 5.26 Å². The van der Waals surface area contributed by atoms with Crippen molar-refractivity contribution in [2.75, 3.05) is 20.8 Å². The van der Waals surface area contributed by atoms with Gasteiger partial charge in [-0.15, -0.1) is 5.10 Å². The van der Waals surface area contributed by atoms with Gasteiger partial charge in [-0.25, -0.2) is 4.68 Å². The highest BCUT2D eigenvalue weighted by molar-refractivity contribution is 5.96. The van der Waals surface area contributed by atoms with Gasteiger partial charge in [0.2, 0.25) is 11.8 Å². The minimum Gasteiger partial charge on any atom is -0.481 e. The smallest absolute Gasteiger partial charge is 0.274 e. The van der Waals surface area contributed by atoms with Crippen LogP contribution in [0.3, 0.4) is 0 Å². The van der Waals surface area contributed by atoms with Crippen LogP contribution in [0, 0.1) is 11.3 Å². The van der Waals surface area contributed by atoms with Crippen LogP contribution < -0.4 is 20.1 Å². The summed E-state index contributed by atoms with van der Waals surface area (Å²) < 4.78 is 11.6. The molecule has 0 fully saturated rings.